The molecule has 1 aromatic carbocycles. The molecule has 3 heteroatoms. The van der Waals surface area contributed by atoms with E-state index in [0.717, 1.165) is 38.2 Å². The fraction of sp³-hybridized carbons (Fsp3) is 0.467. The first-order valence-electron chi connectivity index (χ1n) is 6.64. The predicted octanol–water partition coefficient (Wildman–Crippen LogP) is 2.56. The normalized spacial score (nSPS) is 17.4. The molecular weight excluding hydrogens is 226 g/mol. The second-order valence-corrected chi connectivity index (χ2v) is 5.04. The number of hydrogen-bond donors (Lipinski definition) is 1. The largest absolute Gasteiger partial charge is 0.392 e. The molecule has 0 radical (unpaired) electrons. The van der Waals surface area contributed by atoms with Crippen molar-refractivity contribution in [2.75, 3.05) is 13.2 Å². The van der Waals surface area contributed by atoms with Gasteiger partial charge in [0.05, 0.1) is 6.61 Å². The van der Waals surface area contributed by atoms with Crippen LogP contribution in [0.1, 0.15) is 18.4 Å². The lowest BCUT2D eigenvalue weighted by Gasteiger charge is -2.22. The van der Waals surface area contributed by atoms with Crippen LogP contribution in [0.15, 0.2) is 30.5 Å². The Morgan fingerprint density at radius 3 is 2.78 bits per heavy atom. The first kappa shape index (κ1) is 11.8. The van der Waals surface area contributed by atoms with E-state index in [9.17, 15) is 5.11 Å². The summed E-state index contributed by atoms with van der Waals surface area (Å²) in [5, 5.41) is 10.6. The molecule has 2 aromatic rings. The van der Waals surface area contributed by atoms with Crippen molar-refractivity contribution in [1.82, 2.24) is 4.57 Å². The van der Waals surface area contributed by atoms with Gasteiger partial charge in [-0.25, -0.2) is 0 Å². The Balaban J connectivity index is 1.91. The minimum atomic E-state index is 0.112. The van der Waals surface area contributed by atoms with Crippen LogP contribution in [0.2, 0.25) is 0 Å². The minimum absolute atomic E-state index is 0.112. The summed E-state index contributed by atoms with van der Waals surface area (Å²) in [7, 11) is 0. The number of aliphatic hydroxyl groups is 1. The van der Waals surface area contributed by atoms with Gasteiger partial charge in [0.15, 0.2) is 0 Å². The van der Waals surface area contributed by atoms with Crippen molar-refractivity contribution in [1.29, 1.82) is 0 Å². The summed E-state index contributed by atoms with van der Waals surface area (Å²) >= 11 is 0. The highest BCUT2D eigenvalue weighted by Crippen LogP contribution is 2.24. The van der Waals surface area contributed by atoms with Crippen molar-refractivity contribution in [2.45, 2.75) is 26.0 Å². The number of ether oxygens (including phenoxy) is 1. The SMILES string of the molecule is OCc1cn(CC2CCOCC2)c2ccccc12. The van der Waals surface area contributed by atoms with Gasteiger partial charge in [0, 0.05) is 42.4 Å². The molecule has 1 aliphatic rings. The molecule has 3 rings (SSSR count). The molecule has 1 aliphatic heterocycles. The highest BCUT2D eigenvalue weighted by molar-refractivity contribution is 5.83. The molecule has 0 unspecified atom stereocenters. The van der Waals surface area contributed by atoms with Gasteiger partial charge in [-0.1, -0.05) is 18.2 Å². The van der Waals surface area contributed by atoms with Crippen molar-refractivity contribution in [3.05, 3.63) is 36.0 Å². The Bertz CT molecular complexity index is 526. The molecule has 0 saturated carbocycles. The smallest absolute Gasteiger partial charge is 0.0702 e. The molecule has 0 aliphatic carbocycles. The standard InChI is InChI=1S/C15H19NO2/c17-11-13-10-16(9-12-5-7-18-8-6-12)15-4-2-1-3-14(13)15/h1-4,10,12,17H,5-9,11H2. The van der Waals surface area contributed by atoms with E-state index in [2.05, 4.69) is 29.0 Å². The van der Waals surface area contributed by atoms with Crippen LogP contribution in [0.5, 0.6) is 0 Å². The van der Waals surface area contributed by atoms with Gasteiger partial charge in [-0.3, -0.25) is 0 Å². The summed E-state index contributed by atoms with van der Waals surface area (Å²) < 4.78 is 7.69. The molecule has 1 fully saturated rings. The van der Waals surface area contributed by atoms with Crippen LogP contribution in [0, 0.1) is 5.92 Å². The predicted molar refractivity (Wildman–Crippen MR) is 71.4 cm³/mol. The Morgan fingerprint density at radius 1 is 1.22 bits per heavy atom. The zero-order valence-corrected chi connectivity index (χ0v) is 10.5. The Morgan fingerprint density at radius 2 is 2.00 bits per heavy atom. The number of para-hydroxylation sites is 1. The van der Waals surface area contributed by atoms with Crippen LogP contribution < -0.4 is 0 Å². The van der Waals surface area contributed by atoms with E-state index in [1.54, 1.807) is 0 Å². The average molecular weight is 245 g/mol. The number of benzene rings is 1. The Hall–Kier alpha value is -1.32. The lowest BCUT2D eigenvalue weighted by atomic mass is 10.0. The second kappa shape index (κ2) is 5.12. The monoisotopic (exact) mass is 245 g/mol. The third-order valence-electron chi connectivity index (χ3n) is 3.84. The molecular formula is C15H19NO2. The van der Waals surface area contributed by atoms with Crippen LogP contribution in [0.3, 0.4) is 0 Å². The average Bonchev–Trinajstić information content (AvgIpc) is 2.78. The van der Waals surface area contributed by atoms with E-state index in [1.165, 1.54) is 10.9 Å². The minimum Gasteiger partial charge on any atom is -0.392 e. The van der Waals surface area contributed by atoms with Crippen molar-refractivity contribution in [3.8, 4) is 0 Å². The van der Waals surface area contributed by atoms with Gasteiger partial charge >= 0.3 is 0 Å². The molecule has 1 N–H and O–H groups in total. The van der Waals surface area contributed by atoms with Crippen LogP contribution in [-0.2, 0) is 17.9 Å². The first-order chi connectivity index (χ1) is 8.88. The van der Waals surface area contributed by atoms with Crippen molar-refractivity contribution < 1.29 is 9.84 Å². The lowest BCUT2D eigenvalue weighted by Crippen LogP contribution is -2.20. The van der Waals surface area contributed by atoms with Gasteiger partial charge in [0.2, 0.25) is 0 Å². The summed E-state index contributed by atoms with van der Waals surface area (Å²) in [5.41, 5.74) is 2.26. The van der Waals surface area contributed by atoms with Gasteiger partial charge in [-0.2, -0.15) is 0 Å². The number of hydrogen-bond acceptors (Lipinski definition) is 2. The van der Waals surface area contributed by atoms with Gasteiger partial charge in [0.1, 0.15) is 0 Å². The molecule has 18 heavy (non-hydrogen) atoms. The molecule has 1 saturated heterocycles. The van der Waals surface area contributed by atoms with Gasteiger partial charge in [-0.15, -0.1) is 0 Å². The molecule has 2 heterocycles. The lowest BCUT2D eigenvalue weighted by molar-refractivity contribution is 0.0616. The van der Waals surface area contributed by atoms with E-state index in [4.69, 9.17) is 4.74 Å². The van der Waals surface area contributed by atoms with E-state index < -0.39 is 0 Å². The number of nitrogens with zero attached hydrogens (tertiary/aromatic N) is 1. The van der Waals surface area contributed by atoms with E-state index in [1.807, 2.05) is 6.07 Å². The van der Waals surface area contributed by atoms with Gasteiger partial charge in [0.25, 0.3) is 0 Å². The number of rotatable bonds is 3. The summed E-state index contributed by atoms with van der Waals surface area (Å²) in [6.07, 6.45) is 4.38. The van der Waals surface area contributed by atoms with Gasteiger partial charge in [-0.05, 0) is 24.8 Å². The molecule has 0 spiro atoms. The highest BCUT2D eigenvalue weighted by Gasteiger charge is 2.16. The maximum Gasteiger partial charge on any atom is 0.0702 e. The third kappa shape index (κ3) is 2.16. The van der Waals surface area contributed by atoms with E-state index in [0.29, 0.717) is 5.92 Å². The molecule has 0 atom stereocenters. The fourth-order valence-electron chi connectivity index (χ4n) is 2.81. The van der Waals surface area contributed by atoms with Gasteiger partial charge < -0.3 is 14.4 Å². The molecule has 1 aromatic heterocycles. The van der Waals surface area contributed by atoms with Crippen molar-refractivity contribution in [3.63, 3.8) is 0 Å². The highest BCUT2D eigenvalue weighted by atomic mass is 16.5. The van der Waals surface area contributed by atoms with Crippen molar-refractivity contribution in [2.24, 2.45) is 5.92 Å². The maximum atomic E-state index is 9.42. The van der Waals surface area contributed by atoms with Crippen LogP contribution in [0.25, 0.3) is 10.9 Å². The van der Waals surface area contributed by atoms with Crippen LogP contribution >= 0.6 is 0 Å². The quantitative estimate of drug-likeness (QED) is 0.901. The summed E-state index contributed by atoms with van der Waals surface area (Å²) in [4.78, 5) is 0. The number of aromatic nitrogens is 1. The van der Waals surface area contributed by atoms with E-state index >= 15 is 0 Å². The molecule has 0 amide bonds. The van der Waals surface area contributed by atoms with Crippen LogP contribution in [-0.4, -0.2) is 22.9 Å². The topological polar surface area (TPSA) is 34.4 Å². The fourth-order valence-corrected chi connectivity index (χ4v) is 2.81. The third-order valence-corrected chi connectivity index (χ3v) is 3.84. The summed E-state index contributed by atoms with van der Waals surface area (Å²) in [5.74, 6) is 0.695. The Labute approximate surface area is 107 Å². The zero-order chi connectivity index (χ0) is 12.4. The summed E-state index contributed by atoms with van der Waals surface area (Å²) in [6, 6.07) is 8.30. The molecule has 0 bridgehead atoms. The maximum absolute atomic E-state index is 9.42. The zero-order valence-electron chi connectivity index (χ0n) is 10.5. The van der Waals surface area contributed by atoms with Crippen LogP contribution in [0.4, 0.5) is 0 Å². The van der Waals surface area contributed by atoms with Crippen molar-refractivity contribution >= 4 is 10.9 Å². The number of aliphatic hydroxyl groups excluding tert-OH is 1. The number of fused-ring (bicyclic) bond motifs is 1. The molecule has 96 valence electrons. The second-order valence-electron chi connectivity index (χ2n) is 5.04. The molecule has 3 nitrogen and oxygen atoms in total. The summed E-state index contributed by atoms with van der Waals surface area (Å²) in [6.45, 7) is 2.92. The first-order valence-corrected chi connectivity index (χ1v) is 6.64. The Kier molecular flexibility index (Phi) is 3.35. The van der Waals surface area contributed by atoms with E-state index in [-0.39, 0.29) is 6.61 Å².